The van der Waals surface area contributed by atoms with Gasteiger partial charge in [-0.05, 0) is 13.8 Å². The highest BCUT2D eigenvalue weighted by Gasteiger charge is 2.31. The van der Waals surface area contributed by atoms with Gasteiger partial charge in [-0.25, -0.2) is 8.42 Å². The minimum Gasteiger partial charge on any atom is -0.329 e. The number of halogens is 3. The molecule has 0 spiro atoms. The number of hydrogen-bond acceptors (Lipinski definition) is 4. The molecule has 0 radical (unpaired) electrons. The lowest BCUT2D eigenvalue weighted by Crippen LogP contribution is -2.40. The Hall–Kier alpha value is -0.340. The van der Waals surface area contributed by atoms with E-state index in [2.05, 4.69) is 0 Å². The molecule has 0 aliphatic heterocycles. The zero-order valence-corrected chi connectivity index (χ0v) is 10.8. The summed E-state index contributed by atoms with van der Waals surface area (Å²) in [6.07, 6.45) is -4.34. The first-order chi connectivity index (χ1) is 7.58. The van der Waals surface area contributed by atoms with Crippen LogP contribution in [0.25, 0.3) is 0 Å². The first-order valence-electron chi connectivity index (χ1n) is 5.29. The van der Waals surface area contributed by atoms with Crippen LogP contribution in [0.3, 0.4) is 0 Å². The molecule has 2 N–H and O–H groups in total. The van der Waals surface area contributed by atoms with Crippen LogP contribution in [0.15, 0.2) is 0 Å². The van der Waals surface area contributed by atoms with Crippen molar-refractivity contribution in [2.75, 3.05) is 31.9 Å². The monoisotopic (exact) mass is 276 g/mol. The van der Waals surface area contributed by atoms with Gasteiger partial charge in [0, 0.05) is 19.6 Å². The first kappa shape index (κ1) is 16.7. The van der Waals surface area contributed by atoms with E-state index in [-0.39, 0.29) is 25.4 Å². The molecule has 0 aromatic rings. The van der Waals surface area contributed by atoms with E-state index in [0.717, 1.165) is 4.90 Å². The van der Waals surface area contributed by atoms with Gasteiger partial charge in [0.25, 0.3) is 0 Å². The van der Waals surface area contributed by atoms with Gasteiger partial charge in [-0.3, -0.25) is 4.90 Å². The van der Waals surface area contributed by atoms with E-state index in [4.69, 9.17) is 5.73 Å². The van der Waals surface area contributed by atoms with Crippen LogP contribution in [-0.2, 0) is 9.84 Å². The fourth-order valence-electron chi connectivity index (χ4n) is 1.20. The Morgan fingerprint density at radius 1 is 1.24 bits per heavy atom. The number of sulfone groups is 1. The molecule has 0 heterocycles. The van der Waals surface area contributed by atoms with Gasteiger partial charge in [0.15, 0.2) is 9.84 Å². The predicted molar refractivity (Wildman–Crippen MR) is 60.5 cm³/mol. The molecule has 0 saturated heterocycles. The van der Waals surface area contributed by atoms with Crippen molar-refractivity contribution in [2.45, 2.75) is 25.3 Å². The number of nitrogens with two attached hydrogens (primary N) is 1. The Labute approximate surface area is 99.9 Å². The SMILES string of the molecule is CC(C)S(=O)(=O)CCN(CCN)CC(F)(F)F. The minimum absolute atomic E-state index is 0.0348. The van der Waals surface area contributed by atoms with Crippen molar-refractivity contribution in [3.05, 3.63) is 0 Å². The van der Waals surface area contributed by atoms with Crippen LogP contribution >= 0.6 is 0 Å². The molecule has 0 fully saturated rings. The summed E-state index contributed by atoms with van der Waals surface area (Å²) < 4.78 is 59.5. The molecule has 0 rings (SSSR count). The Balaban J connectivity index is 4.37. The average Bonchev–Trinajstić information content (AvgIpc) is 2.12. The molecule has 0 aromatic carbocycles. The zero-order valence-electron chi connectivity index (χ0n) is 10.00. The van der Waals surface area contributed by atoms with Crippen molar-refractivity contribution < 1.29 is 21.6 Å². The van der Waals surface area contributed by atoms with Gasteiger partial charge in [-0.2, -0.15) is 13.2 Å². The topological polar surface area (TPSA) is 63.4 Å². The molecular weight excluding hydrogens is 257 g/mol. The van der Waals surface area contributed by atoms with Gasteiger partial charge < -0.3 is 5.73 Å². The molecule has 0 atom stereocenters. The second-order valence-corrected chi connectivity index (χ2v) is 6.77. The predicted octanol–water partition coefficient (Wildman–Crippen LogP) is 0.633. The molecular formula is C9H19F3N2O2S. The molecule has 0 unspecified atom stereocenters. The van der Waals surface area contributed by atoms with E-state index < -0.39 is 27.8 Å². The fourth-order valence-corrected chi connectivity index (χ4v) is 2.18. The van der Waals surface area contributed by atoms with E-state index in [1.165, 1.54) is 13.8 Å². The molecule has 0 bridgehead atoms. The lowest BCUT2D eigenvalue weighted by molar-refractivity contribution is -0.145. The molecule has 0 amide bonds. The average molecular weight is 276 g/mol. The third kappa shape index (κ3) is 7.56. The zero-order chi connectivity index (χ0) is 13.7. The van der Waals surface area contributed by atoms with E-state index in [1.807, 2.05) is 0 Å². The molecule has 0 aliphatic rings. The normalized spacial score (nSPS) is 13.6. The Morgan fingerprint density at radius 2 is 1.76 bits per heavy atom. The van der Waals surface area contributed by atoms with E-state index >= 15 is 0 Å². The summed E-state index contributed by atoms with van der Waals surface area (Å²) in [6.45, 7) is 1.85. The number of alkyl halides is 3. The van der Waals surface area contributed by atoms with Crippen LogP contribution in [0.2, 0.25) is 0 Å². The number of hydrogen-bond donors (Lipinski definition) is 1. The highest BCUT2D eigenvalue weighted by atomic mass is 32.2. The van der Waals surface area contributed by atoms with Gasteiger partial charge in [-0.1, -0.05) is 0 Å². The fraction of sp³-hybridized carbons (Fsp3) is 1.00. The largest absolute Gasteiger partial charge is 0.401 e. The maximum Gasteiger partial charge on any atom is 0.401 e. The summed E-state index contributed by atoms with van der Waals surface area (Å²) in [4.78, 5) is 1.01. The molecule has 0 aromatic heterocycles. The maximum absolute atomic E-state index is 12.2. The van der Waals surface area contributed by atoms with Gasteiger partial charge in [0.2, 0.25) is 0 Å². The van der Waals surface area contributed by atoms with Gasteiger partial charge in [0.1, 0.15) is 0 Å². The molecule has 104 valence electrons. The molecule has 4 nitrogen and oxygen atoms in total. The summed E-state index contributed by atoms with van der Waals surface area (Å²) in [7, 11) is -3.32. The van der Waals surface area contributed by atoms with Crippen LogP contribution in [0, 0.1) is 0 Å². The smallest absolute Gasteiger partial charge is 0.329 e. The standard InChI is InChI=1S/C9H19F3N2O2S/c1-8(2)17(15,16)6-5-14(4-3-13)7-9(10,11)12/h8H,3-7,13H2,1-2H3. The third-order valence-electron chi connectivity index (χ3n) is 2.26. The van der Waals surface area contributed by atoms with Crippen LogP contribution in [0.4, 0.5) is 13.2 Å². The highest BCUT2D eigenvalue weighted by Crippen LogP contribution is 2.16. The molecule has 17 heavy (non-hydrogen) atoms. The van der Waals surface area contributed by atoms with E-state index in [1.54, 1.807) is 0 Å². The summed E-state index contributed by atoms with van der Waals surface area (Å²) >= 11 is 0. The Bertz CT molecular complexity index is 315. The van der Waals surface area contributed by atoms with Gasteiger partial charge >= 0.3 is 6.18 Å². The van der Waals surface area contributed by atoms with Crippen molar-refractivity contribution in [2.24, 2.45) is 5.73 Å². The first-order valence-corrected chi connectivity index (χ1v) is 7.01. The Kier molecular flexibility index (Phi) is 6.42. The lowest BCUT2D eigenvalue weighted by Gasteiger charge is -2.23. The summed E-state index contributed by atoms with van der Waals surface area (Å²) in [5, 5.41) is -0.576. The van der Waals surface area contributed by atoms with Crippen molar-refractivity contribution in [3.63, 3.8) is 0 Å². The lowest BCUT2D eigenvalue weighted by atomic mass is 10.4. The van der Waals surface area contributed by atoms with Crippen LogP contribution < -0.4 is 5.73 Å². The van der Waals surface area contributed by atoms with E-state index in [9.17, 15) is 21.6 Å². The maximum atomic E-state index is 12.2. The van der Waals surface area contributed by atoms with Crippen LogP contribution in [0.5, 0.6) is 0 Å². The Morgan fingerprint density at radius 3 is 2.12 bits per heavy atom. The summed E-state index contributed by atoms with van der Waals surface area (Å²) in [5.41, 5.74) is 5.19. The second kappa shape index (κ2) is 6.55. The number of nitrogens with zero attached hydrogens (tertiary/aromatic N) is 1. The van der Waals surface area contributed by atoms with Gasteiger partial charge in [0.05, 0.1) is 17.5 Å². The van der Waals surface area contributed by atoms with Gasteiger partial charge in [-0.15, -0.1) is 0 Å². The molecule has 0 saturated carbocycles. The summed E-state index contributed by atoms with van der Waals surface area (Å²) in [5.74, 6) is -0.277. The highest BCUT2D eigenvalue weighted by molar-refractivity contribution is 7.92. The van der Waals surface area contributed by atoms with Crippen molar-refractivity contribution in [3.8, 4) is 0 Å². The van der Waals surface area contributed by atoms with Crippen molar-refractivity contribution in [1.29, 1.82) is 0 Å². The third-order valence-corrected chi connectivity index (χ3v) is 4.45. The van der Waals surface area contributed by atoms with Crippen LogP contribution in [-0.4, -0.2) is 56.7 Å². The molecule has 0 aliphatic carbocycles. The van der Waals surface area contributed by atoms with Crippen molar-refractivity contribution >= 4 is 9.84 Å². The second-order valence-electron chi connectivity index (χ2n) is 4.10. The van der Waals surface area contributed by atoms with E-state index in [0.29, 0.717) is 0 Å². The summed E-state index contributed by atoms with van der Waals surface area (Å²) in [6, 6.07) is 0. The van der Waals surface area contributed by atoms with Crippen LogP contribution in [0.1, 0.15) is 13.8 Å². The van der Waals surface area contributed by atoms with Crippen molar-refractivity contribution in [1.82, 2.24) is 4.90 Å². The minimum atomic E-state index is -4.34. The quantitative estimate of drug-likeness (QED) is 0.741. The number of rotatable bonds is 7. The molecule has 8 heteroatoms.